The van der Waals surface area contributed by atoms with Crippen molar-refractivity contribution in [3.05, 3.63) is 212 Å². The molecule has 0 aliphatic heterocycles. The van der Waals surface area contributed by atoms with Crippen LogP contribution in [0.1, 0.15) is 0 Å². The van der Waals surface area contributed by atoms with Gasteiger partial charge in [-0.1, -0.05) is 115 Å². The van der Waals surface area contributed by atoms with E-state index in [0.29, 0.717) is 0 Å². The molecule has 11 rings (SSSR count). The molecule has 2 aromatic heterocycles. The van der Waals surface area contributed by atoms with Crippen molar-refractivity contribution in [3.8, 4) is 5.69 Å². The number of anilines is 6. The summed E-state index contributed by atoms with van der Waals surface area (Å²) in [5.41, 5.74) is 11.7. The van der Waals surface area contributed by atoms with Crippen LogP contribution in [-0.2, 0) is 0 Å². The summed E-state index contributed by atoms with van der Waals surface area (Å²) in [6.07, 6.45) is 0. The van der Waals surface area contributed by atoms with Gasteiger partial charge in [-0.25, -0.2) is 0 Å². The average Bonchev–Trinajstić information content (AvgIpc) is 3.81. The Morgan fingerprint density at radius 3 is 1.64 bits per heavy atom. The number of hydrogen-bond acceptors (Lipinski definition) is 3. The lowest BCUT2D eigenvalue weighted by molar-refractivity contribution is 0.672. The monoisotopic (exact) mass is 717 g/mol. The van der Waals surface area contributed by atoms with E-state index in [1.54, 1.807) is 0 Å². The van der Waals surface area contributed by atoms with Crippen molar-refractivity contribution in [1.82, 2.24) is 4.57 Å². The third-order valence-electron chi connectivity index (χ3n) is 10.9. The molecule has 0 bridgehead atoms. The van der Waals surface area contributed by atoms with E-state index < -0.39 is 0 Å². The molecule has 0 fully saturated rings. The molecule has 0 spiro atoms. The van der Waals surface area contributed by atoms with Crippen LogP contribution >= 0.6 is 0 Å². The first-order valence-corrected chi connectivity index (χ1v) is 19.0. The number of nitrogens with zero attached hydrogens (tertiary/aromatic N) is 3. The second-order valence-electron chi connectivity index (χ2n) is 14.2. The molecule has 0 aliphatic rings. The summed E-state index contributed by atoms with van der Waals surface area (Å²) in [4.78, 5) is 4.72. The lowest BCUT2D eigenvalue weighted by Crippen LogP contribution is -2.13. The third-order valence-corrected chi connectivity index (χ3v) is 10.9. The Hall–Kier alpha value is -7.56. The summed E-state index contributed by atoms with van der Waals surface area (Å²) in [6.45, 7) is 0. The highest BCUT2D eigenvalue weighted by Crippen LogP contribution is 2.45. The van der Waals surface area contributed by atoms with Crippen LogP contribution in [0.3, 0.4) is 0 Å². The summed E-state index contributed by atoms with van der Waals surface area (Å²) in [7, 11) is 0. The molecule has 0 amide bonds. The van der Waals surface area contributed by atoms with Gasteiger partial charge in [0.25, 0.3) is 0 Å². The number of fused-ring (bicyclic) bond motifs is 8. The second kappa shape index (κ2) is 13.1. The first-order chi connectivity index (χ1) is 27.8. The molecule has 2 heterocycles. The van der Waals surface area contributed by atoms with Gasteiger partial charge in [0.1, 0.15) is 11.2 Å². The second-order valence-corrected chi connectivity index (χ2v) is 14.2. The van der Waals surface area contributed by atoms with E-state index >= 15 is 0 Å². The van der Waals surface area contributed by atoms with Crippen molar-refractivity contribution < 1.29 is 4.42 Å². The smallest absolute Gasteiger partial charge is 0.143 e. The Balaban J connectivity index is 1.10. The zero-order chi connectivity index (χ0) is 37.0. The molecule has 0 unspecified atom stereocenters. The van der Waals surface area contributed by atoms with Crippen molar-refractivity contribution in [2.24, 2.45) is 0 Å². The molecule has 0 atom stereocenters. The Bertz CT molecular complexity index is 3200. The lowest BCUT2D eigenvalue weighted by Gasteiger charge is -2.30. The molecule has 11 aromatic rings. The molecule has 9 aromatic carbocycles. The van der Waals surface area contributed by atoms with E-state index in [0.717, 1.165) is 72.5 Å². The van der Waals surface area contributed by atoms with Gasteiger partial charge in [0.05, 0.1) is 16.7 Å². The topological polar surface area (TPSA) is 24.6 Å². The van der Waals surface area contributed by atoms with Crippen LogP contribution in [0.4, 0.5) is 34.1 Å². The van der Waals surface area contributed by atoms with Crippen LogP contribution in [0, 0.1) is 0 Å². The predicted octanol–water partition coefficient (Wildman–Crippen LogP) is 14.8. The van der Waals surface area contributed by atoms with Crippen LogP contribution in [0.15, 0.2) is 217 Å². The molecule has 4 heteroatoms. The number of furan rings is 1. The summed E-state index contributed by atoms with van der Waals surface area (Å²) in [5, 5.41) is 6.89. The largest absolute Gasteiger partial charge is 0.455 e. The fourth-order valence-electron chi connectivity index (χ4n) is 8.47. The van der Waals surface area contributed by atoms with E-state index in [9.17, 15) is 0 Å². The summed E-state index contributed by atoms with van der Waals surface area (Å²) < 4.78 is 8.88. The van der Waals surface area contributed by atoms with Crippen LogP contribution in [0.25, 0.3) is 60.2 Å². The molecule has 0 saturated carbocycles. The van der Waals surface area contributed by atoms with Gasteiger partial charge >= 0.3 is 0 Å². The zero-order valence-electron chi connectivity index (χ0n) is 30.5. The Kier molecular flexibility index (Phi) is 7.46. The summed E-state index contributed by atoms with van der Waals surface area (Å²) in [6, 6.07) is 75.6. The minimum atomic E-state index is 0.900. The molecule has 4 nitrogen and oxygen atoms in total. The maximum absolute atomic E-state index is 6.52. The summed E-state index contributed by atoms with van der Waals surface area (Å²) >= 11 is 0. The van der Waals surface area contributed by atoms with Gasteiger partial charge in [-0.15, -0.1) is 0 Å². The van der Waals surface area contributed by atoms with Crippen molar-refractivity contribution in [2.75, 3.05) is 9.80 Å². The van der Waals surface area contributed by atoms with Gasteiger partial charge in [0, 0.05) is 66.4 Å². The normalized spacial score (nSPS) is 11.6. The number of benzene rings is 9. The number of para-hydroxylation sites is 5. The molecule has 264 valence electrons. The zero-order valence-corrected chi connectivity index (χ0v) is 30.5. The van der Waals surface area contributed by atoms with Crippen molar-refractivity contribution in [2.45, 2.75) is 0 Å². The maximum atomic E-state index is 6.52. The minimum Gasteiger partial charge on any atom is -0.455 e. The van der Waals surface area contributed by atoms with E-state index in [2.05, 4.69) is 215 Å². The van der Waals surface area contributed by atoms with Crippen molar-refractivity contribution in [3.63, 3.8) is 0 Å². The van der Waals surface area contributed by atoms with Gasteiger partial charge in [-0.2, -0.15) is 0 Å². The highest BCUT2D eigenvalue weighted by Gasteiger charge is 2.21. The van der Waals surface area contributed by atoms with Crippen molar-refractivity contribution >= 4 is 88.6 Å². The van der Waals surface area contributed by atoms with Crippen LogP contribution < -0.4 is 9.80 Å². The molecule has 0 radical (unpaired) electrons. The molecule has 56 heavy (non-hydrogen) atoms. The Labute approximate surface area is 324 Å². The number of hydrogen-bond donors (Lipinski definition) is 0. The number of rotatable bonds is 7. The molecular formula is C52H35N3O. The van der Waals surface area contributed by atoms with Crippen LogP contribution in [0.2, 0.25) is 0 Å². The first-order valence-electron chi connectivity index (χ1n) is 19.0. The standard InChI is InChI=1S/C52H35N3O/c1-4-16-36(17-5-1)53(41-30-33-50-47(35-41)42-24-10-12-27-49(42)55(50)38-20-8-3-9-21-38)39-22-14-23-40(34-39)54(37-18-6-2-7-19-37)48-28-15-26-45-43(48)31-32-46-44-25-11-13-29-51(44)56-52(45)46/h1-35H. The van der Waals surface area contributed by atoms with E-state index in [1.165, 1.54) is 21.8 Å². The quantitative estimate of drug-likeness (QED) is 0.164. The summed E-state index contributed by atoms with van der Waals surface area (Å²) in [5.74, 6) is 0. The maximum Gasteiger partial charge on any atom is 0.143 e. The average molecular weight is 718 g/mol. The van der Waals surface area contributed by atoms with E-state index in [1.807, 2.05) is 12.1 Å². The van der Waals surface area contributed by atoms with Gasteiger partial charge in [-0.3, -0.25) is 0 Å². The van der Waals surface area contributed by atoms with E-state index in [-0.39, 0.29) is 0 Å². The predicted molar refractivity (Wildman–Crippen MR) is 235 cm³/mol. The lowest BCUT2D eigenvalue weighted by atomic mass is 10.0. The minimum absolute atomic E-state index is 0.900. The van der Waals surface area contributed by atoms with Crippen molar-refractivity contribution in [1.29, 1.82) is 0 Å². The van der Waals surface area contributed by atoms with Gasteiger partial charge in [0.15, 0.2) is 0 Å². The van der Waals surface area contributed by atoms with Crippen LogP contribution in [-0.4, -0.2) is 4.57 Å². The third kappa shape index (κ3) is 5.15. The molecule has 0 aliphatic carbocycles. The van der Waals surface area contributed by atoms with Crippen LogP contribution in [0.5, 0.6) is 0 Å². The van der Waals surface area contributed by atoms with Gasteiger partial charge in [0.2, 0.25) is 0 Å². The fourth-order valence-corrected chi connectivity index (χ4v) is 8.47. The van der Waals surface area contributed by atoms with E-state index in [4.69, 9.17) is 4.42 Å². The molecule has 0 N–H and O–H groups in total. The fraction of sp³-hybridized carbons (Fsp3) is 0. The highest BCUT2D eigenvalue weighted by molar-refractivity contribution is 6.18. The van der Waals surface area contributed by atoms with Gasteiger partial charge < -0.3 is 18.8 Å². The number of aromatic nitrogens is 1. The van der Waals surface area contributed by atoms with Gasteiger partial charge in [-0.05, 0) is 97.1 Å². The highest BCUT2D eigenvalue weighted by atomic mass is 16.3. The Morgan fingerprint density at radius 2 is 0.857 bits per heavy atom. The SMILES string of the molecule is c1ccc(N(c2cccc(N(c3ccccc3)c3cccc4c3ccc3c5ccccc5oc43)c2)c2ccc3c(c2)c2ccccc2n3-c2ccccc2)cc1. The first kappa shape index (κ1) is 31.9. The molecular weight excluding hydrogens is 683 g/mol. The molecule has 0 saturated heterocycles. The Morgan fingerprint density at radius 1 is 0.321 bits per heavy atom.